The lowest BCUT2D eigenvalue weighted by Crippen LogP contribution is -2.49. The second-order valence-corrected chi connectivity index (χ2v) is 6.88. The molecule has 1 rings (SSSR count). The number of carbonyl (C=O) groups is 1. The second kappa shape index (κ2) is 7.80. The van der Waals surface area contributed by atoms with Gasteiger partial charge in [-0.15, -0.1) is 0 Å². The number of amides is 1. The number of nitrogens with zero attached hydrogens (tertiary/aromatic N) is 1. The second-order valence-electron chi connectivity index (χ2n) is 4.89. The fraction of sp³-hybridized carbons (Fsp3) is 0.917. The summed E-state index contributed by atoms with van der Waals surface area (Å²) in [5.41, 5.74) is 5.48. The van der Waals surface area contributed by atoms with Crippen molar-refractivity contribution in [3.63, 3.8) is 0 Å². The van der Waals surface area contributed by atoms with Crippen LogP contribution in [0.15, 0.2) is 0 Å². The minimum Gasteiger partial charge on any atom is -0.450 e. The largest absolute Gasteiger partial charge is 0.450 e. The van der Waals surface area contributed by atoms with Crippen LogP contribution in [0, 0.1) is 0 Å². The molecular weight excluding hydrogens is 282 g/mol. The highest BCUT2D eigenvalue weighted by molar-refractivity contribution is 7.90. The molecule has 1 atom stereocenters. The third-order valence-electron chi connectivity index (χ3n) is 3.51. The third kappa shape index (κ3) is 4.60. The van der Waals surface area contributed by atoms with Crippen LogP contribution in [0.5, 0.6) is 0 Å². The number of carbonyl (C=O) groups excluding carboxylic acids is 1. The van der Waals surface area contributed by atoms with E-state index >= 15 is 0 Å². The van der Waals surface area contributed by atoms with Gasteiger partial charge in [-0.05, 0) is 26.2 Å². The van der Waals surface area contributed by atoms with Crippen LogP contribution in [-0.4, -0.2) is 56.9 Å². The van der Waals surface area contributed by atoms with Crippen LogP contribution < -0.4 is 10.5 Å². The van der Waals surface area contributed by atoms with Gasteiger partial charge in [0.05, 0.1) is 11.9 Å². The van der Waals surface area contributed by atoms with Crippen molar-refractivity contribution in [3.8, 4) is 0 Å². The lowest BCUT2D eigenvalue weighted by atomic mass is 10.1. The van der Waals surface area contributed by atoms with Crippen LogP contribution in [0.25, 0.3) is 0 Å². The number of hydrogen-bond acceptors (Lipinski definition) is 5. The van der Waals surface area contributed by atoms with Crippen LogP contribution in [0.1, 0.15) is 33.1 Å². The molecule has 0 aromatic carbocycles. The normalized spacial score (nSPS) is 18.9. The molecule has 1 aliphatic heterocycles. The van der Waals surface area contributed by atoms with E-state index in [0.717, 1.165) is 0 Å². The van der Waals surface area contributed by atoms with Gasteiger partial charge >= 0.3 is 6.09 Å². The maximum absolute atomic E-state index is 12.1. The van der Waals surface area contributed by atoms with E-state index in [1.807, 2.05) is 0 Å². The van der Waals surface area contributed by atoms with Crippen LogP contribution in [0.3, 0.4) is 0 Å². The highest BCUT2D eigenvalue weighted by Crippen LogP contribution is 2.14. The quantitative estimate of drug-likeness (QED) is 0.733. The molecular formula is C12H25N3O4S. The van der Waals surface area contributed by atoms with E-state index in [-0.39, 0.29) is 18.7 Å². The van der Waals surface area contributed by atoms with Gasteiger partial charge in [0.1, 0.15) is 0 Å². The third-order valence-corrected chi connectivity index (χ3v) is 5.57. The maximum Gasteiger partial charge on any atom is 0.409 e. The van der Waals surface area contributed by atoms with Gasteiger partial charge in [-0.2, -0.15) is 0 Å². The molecule has 0 aliphatic carbocycles. The van der Waals surface area contributed by atoms with Gasteiger partial charge < -0.3 is 15.4 Å². The first-order valence-electron chi connectivity index (χ1n) is 7.07. The number of rotatable bonds is 6. The van der Waals surface area contributed by atoms with Gasteiger partial charge in [0.15, 0.2) is 0 Å². The Balaban J connectivity index is 2.48. The average molecular weight is 307 g/mol. The SMILES string of the molecule is CCOC(=O)N1CCC(NS(=O)(=O)C(CC)CN)CC1. The first-order chi connectivity index (χ1) is 9.44. The standard InChI is InChI=1S/C12H25N3O4S/c1-3-11(9-13)20(17,18)14-10-5-7-15(8-6-10)12(16)19-4-2/h10-11,14H,3-9,13H2,1-2H3. The molecule has 1 amide bonds. The molecule has 1 fully saturated rings. The minimum atomic E-state index is -3.38. The molecule has 0 aromatic heterocycles. The van der Waals surface area contributed by atoms with Gasteiger partial charge in [-0.3, -0.25) is 0 Å². The highest BCUT2D eigenvalue weighted by atomic mass is 32.2. The van der Waals surface area contributed by atoms with Gasteiger partial charge in [0, 0.05) is 25.7 Å². The number of nitrogens with one attached hydrogen (secondary N) is 1. The van der Waals surface area contributed by atoms with Crippen LogP contribution in [0.2, 0.25) is 0 Å². The molecule has 118 valence electrons. The van der Waals surface area contributed by atoms with E-state index in [4.69, 9.17) is 10.5 Å². The van der Waals surface area contributed by atoms with Crippen molar-refractivity contribution >= 4 is 16.1 Å². The molecule has 3 N–H and O–H groups in total. The molecule has 0 aromatic rings. The molecule has 1 saturated heterocycles. The van der Waals surface area contributed by atoms with Crippen molar-refractivity contribution in [2.45, 2.75) is 44.4 Å². The molecule has 8 heteroatoms. The van der Waals surface area contributed by atoms with E-state index in [1.54, 1.807) is 18.7 Å². The zero-order chi connectivity index (χ0) is 15.2. The highest BCUT2D eigenvalue weighted by Gasteiger charge is 2.29. The van der Waals surface area contributed by atoms with Crippen molar-refractivity contribution in [1.29, 1.82) is 0 Å². The Bertz CT molecular complexity index is 401. The summed E-state index contributed by atoms with van der Waals surface area (Å²) >= 11 is 0. The number of hydrogen-bond donors (Lipinski definition) is 2. The summed E-state index contributed by atoms with van der Waals surface area (Å²) in [6.45, 7) is 5.04. The maximum atomic E-state index is 12.1. The first kappa shape index (κ1) is 17.2. The number of ether oxygens (including phenoxy) is 1. The molecule has 1 heterocycles. The van der Waals surface area contributed by atoms with Crippen LogP contribution >= 0.6 is 0 Å². The summed E-state index contributed by atoms with van der Waals surface area (Å²) in [5, 5.41) is -0.550. The Morgan fingerprint density at radius 2 is 2.00 bits per heavy atom. The molecule has 7 nitrogen and oxygen atoms in total. The molecule has 0 saturated carbocycles. The summed E-state index contributed by atoms with van der Waals surface area (Å²) in [4.78, 5) is 13.1. The van der Waals surface area contributed by atoms with E-state index in [0.29, 0.717) is 39.0 Å². The molecule has 0 radical (unpaired) electrons. The number of likely N-dealkylation sites (tertiary alicyclic amines) is 1. The molecule has 0 bridgehead atoms. The Kier molecular flexibility index (Phi) is 6.70. The summed E-state index contributed by atoms with van der Waals surface area (Å²) in [5.74, 6) is 0. The zero-order valence-corrected chi connectivity index (χ0v) is 13.0. The van der Waals surface area contributed by atoms with E-state index in [2.05, 4.69) is 4.72 Å². The summed E-state index contributed by atoms with van der Waals surface area (Å²) in [7, 11) is -3.38. The van der Waals surface area contributed by atoms with Gasteiger partial charge in [0.25, 0.3) is 0 Å². The van der Waals surface area contributed by atoms with Crippen molar-refractivity contribution in [1.82, 2.24) is 9.62 Å². The van der Waals surface area contributed by atoms with E-state index < -0.39 is 15.3 Å². The summed E-state index contributed by atoms with van der Waals surface area (Å²) in [6, 6.07) is -0.133. The smallest absolute Gasteiger partial charge is 0.409 e. The predicted molar refractivity (Wildman–Crippen MR) is 76.8 cm³/mol. The lowest BCUT2D eigenvalue weighted by molar-refractivity contribution is 0.0965. The van der Waals surface area contributed by atoms with Gasteiger partial charge in [-0.25, -0.2) is 17.9 Å². The monoisotopic (exact) mass is 307 g/mol. The van der Waals surface area contributed by atoms with E-state index in [9.17, 15) is 13.2 Å². The lowest BCUT2D eigenvalue weighted by Gasteiger charge is -2.32. The fourth-order valence-corrected chi connectivity index (χ4v) is 3.82. The summed E-state index contributed by atoms with van der Waals surface area (Å²) in [6.07, 6.45) is 1.35. The number of nitrogens with two attached hydrogens (primary N) is 1. The van der Waals surface area contributed by atoms with Crippen molar-refractivity contribution in [3.05, 3.63) is 0 Å². The Morgan fingerprint density at radius 3 is 2.45 bits per heavy atom. The number of sulfonamides is 1. The topological polar surface area (TPSA) is 102 Å². The average Bonchev–Trinajstić information content (AvgIpc) is 2.40. The van der Waals surface area contributed by atoms with E-state index in [1.165, 1.54) is 0 Å². The molecule has 1 unspecified atom stereocenters. The first-order valence-corrected chi connectivity index (χ1v) is 8.62. The molecule has 1 aliphatic rings. The van der Waals surface area contributed by atoms with Gasteiger partial charge in [0.2, 0.25) is 10.0 Å². The Morgan fingerprint density at radius 1 is 1.40 bits per heavy atom. The minimum absolute atomic E-state index is 0.119. The number of piperidine rings is 1. The van der Waals surface area contributed by atoms with Crippen molar-refractivity contribution in [2.24, 2.45) is 5.73 Å². The predicted octanol–water partition coefficient (Wildman–Crippen LogP) is 0.264. The van der Waals surface area contributed by atoms with Crippen molar-refractivity contribution < 1.29 is 17.9 Å². The van der Waals surface area contributed by atoms with Gasteiger partial charge in [-0.1, -0.05) is 6.92 Å². The van der Waals surface area contributed by atoms with Crippen LogP contribution in [0.4, 0.5) is 4.79 Å². The molecule has 0 spiro atoms. The summed E-state index contributed by atoms with van der Waals surface area (Å²) < 4.78 is 31.8. The van der Waals surface area contributed by atoms with Crippen molar-refractivity contribution in [2.75, 3.05) is 26.2 Å². The molecule has 20 heavy (non-hydrogen) atoms. The van der Waals surface area contributed by atoms with Crippen LogP contribution in [-0.2, 0) is 14.8 Å². The zero-order valence-electron chi connectivity index (χ0n) is 12.2. The Hall–Kier alpha value is -0.860. The fourth-order valence-electron chi connectivity index (χ4n) is 2.24. The Labute approximate surface area is 120 Å².